The van der Waals surface area contributed by atoms with E-state index in [2.05, 4.69) is 15.9 Å². The minimum absolute atomic E-state index is 0.263. The van der Waals surface area contributed by atoms with Gasteiger partial charge >= 0.3 is 6.18 Å². The SMILES string of the molecule is CCc1ccc(C(Br)c2ccccc2C(F)(F)F)s1. The molecule has 0 aliphatic rings. The average Bonchev–Trinajstić information content (AvgIpc) is 2.85. The van der Waals surface area contributed by atoms with Gasteiger partial charge in [-0.2, -0.15) is 13.2 Å². The lowest BCUT2D eigenvalue weighted by Crippen LogP contribution is -2.10. The molecule has 2 rings (SSSR count). The van der Waals surface area contributed by atoms with E-state index in [1.165, 1.54) is 17.0 Å². The normalized spacial score (nSPS) is 13.5. The molecule has 1 aromatic heterocycles. The van der Waals surface area contributed by atoms with Gasteiger partial charge < -0.3 is 0 Å². The first-order valence-corrected chi connectivity index (χ1v) is 7.55. The largest absolute Gasteiger partial charge is 0.416 e. The minimum atomic E-state index is -4.33. The Balaban J connectivity index is 2.41. The smallest absolute Gasteiger partial charge is 0.166 e. The van der Waals surface area contributed by atoms with Crippen LogP contribution in [-0.2, 0) is 12.6 Å². The molecule has 0 fully saturated rings. The maximum Gasteiger partial charge on any atom is 0.416 e. The van der Waals surface area contributed by atoms with Gasteiger partial charge in [0.25, 0.3) is 0 Å². The third-order valence-electron chi connectivity index (χ3n) is 2.82. The number of thiophene rings is 1. The second kappa shape index (κ2) is 5.67. The van der Waals surface area contributed by atoms with Crippen molar-refractivity contribution >= 4 is 27.3 Å². The van der Waals surface area contributed by atoms with E-state index < -0.39 is 16.6 Å². The zero-order chi connectivity index (χ0) is 14.0. The molecule has 0 N–H and O–H groups in total. The molecule has 0 nitrogen and oxygen atoms in total. The highest BCUT2D eigenvalue weighted by molar-refractivity contribution is 9.09. The van der Waals surface area contributed by atoms with E-state index in [4.69, 9.17) is 0 Å². The van der Waals surface area contributed by atoms with Crippen LogP contribution in [0.1, 0.15) is 32.6 Å². The summed E-state index contributed by atoms with van der Waals surface area (Å²) in [5, 5.41) is 0. The summed E-state index contributed by atoms with van der Waals surface area (Å²) in [6.07, 6.45) is -3.43. The van der Waals surface area contributed by atoms with Crippen LogP contribution in [0.4, 0.5) is 13.2 Å². The van der Waals surface area contributed by atoms with Crippen molar-refractivity contribution in [1.82, 2.24) is 0 Å². The quantitative estimate of drug-likeness (QED) is 0.613. The summed E-state index contributed by atoms with van der Waals surface area (Å²) in [5.41, 5.74) is -0.317. The van der Waals surface area contributed by atoms with Crippen molar-refractivity contribution in [2.24, 2.45) is 0 Å². The molecule has 5 heteroatoms. The fourth-order valence-electron chi connectivity index (χ4n) is 1.85. The molecule has 1 heterocycles. The van der Waals surface area contributed by atoms with Gasteiger partial charge in [-0.3, -0.25) is 0 Å². The van der Waals surface area contributed by atoms with Crippen molar-refractivity contribution in [2.45, 2.75) is 24.3 Å². The van der Waals surface area contributed by atoms with Crippen molar-refractivity contribution in [2.75, 3.05) is 0 Å². The third-order valence-corrected chi connectivity index (χ3v) is 5.40. The predicted octanol–water partition coefficient (Wildman–Crippen LogP) is 5.81. The van der Waals surface area contributed by atoms with Gasteiger partial charge in [-0.05, 0) is 30.2 Å². The van der Waals surface area contributed by atoms with E-state index >= 15 is 0 Å². The molecule has 0 saturated heterocycles. The number of halogens is 4. The topological polar surface area (TPSA) is 0 Å². The molecule has 0 aliphatic carbocycles. The summed E-state index contributed by atoms with van der Waals surface area (Å²) in [7, 11) is 0. The summed E-state index contributed by atoms with van der Waals surface area (Å²) in [4.78, 5) is 1.65. The molecule has 2 aromatic rings. The maximum atomic E-state index is 13.0. The van der Waals surface area contributed by atoms with E-state index in [0.29, 0.717) is 0 Å². The molecule has 0 bridgehead atoms. The summed E-state index contributed by atoms with van der Waals surface area (Å²) in [5.74, 6) is 0. The first-order chi connectivity index (χ1) is 8.93. The van der Waals surface area contributed by atoms with Crippen molar-refractivity contribution in [1.29, 1.82) is 0 Å². The van der Waals surface area contributed by atoms with Crippen LogP contribution in [-0.4, -0.2) is 0 Å². The highest BCUT2D eigenvalue weighted by atomic mass is 79.9. The van der Waals surface area contributed by atoms with Gasteiger partial charge in [0.1, 0.15) is 0 Å². The highest BCUT2D eigenvalue weighted by Gasteiger charge is 2.34. The molecule has 0 aliphatic heterocycles. The van der Waals surface area contributed by atoms with Crippen LogP contribution in [0.15, 0.2) is 36.4 Å². The Morgan fingerprint density at radius 3 is 2.42 bits per heavy atom. The van der Waals surface area contributed by atoms with Crippen LogP contribution >= 0.6 is 27.3 Å². The lowest BCUT2D eigenvalue weighted by Gasteiger charge is -2.16. The molecule has 0 radical (unpaired) electrons. The molecule has 102 valence electrons. The van der Waals surface area contributed by atoms with E-state index in [-0.39, 0.29) is 5.56 Å². The molecular weight excluding hydrogens is 337 g/mol. The monoisotopic (exact) mass is 348 g/mol. The second-order valence-corrected chi connectivity index (χ2v) is 6.22. The van der Waals surface area contributed by atoms with Crippen LogP contribution < -0.4 is 0 Å². The van der Waals surface area contributed by atoms with Crippen LogP contribution in [0.5, 0.6) is 0 Å². The molecular formula is C14H12BrF3S. The molecule has 0 amide bonds. The highest BCUT2D eigenvalue weighted by Crippen LogP contribution is 2.41. The number of rotatable bonds is 3. The van der Waals surface area contributed by atoms with Crippen LogP contribution in [0.2, 0.25) is 0 Å². The summed E-state index contributed by atoms with van der Waals surface area (Å²) < 4.78 is 38.9. The van der Waals surface area contributed by atoms with Crippen molar-refractivity contribution in [3.8, 4) is 0 Å². The van der Waals surface area contributed by atoms with E-state index in [1.807, 2.05) is 19.1 Å². The Bertz CT molecular complexity index is 560. The number of aryl methyl sites for hydroxylation is 1. The zero-order valence-corrected chi connectivity index (χ0v) is 12.6. The zero-order valence-electron chi connectivity index (χ0n) is 10.2. The second-order valence-electron chi connectivity index (χ2n) is 4.11. The van der Waals surface area contributed by atoms with Crippen LogP contribution in [0, 0.1) is 0 Å². The number of hydrogen-bond acceptors (Lipinski definition) is 1. The van der Waals surface area contributed by atoms with Crippen LogP contribution in [0.25, 0.3) is 0 Å². The Morgan fingerprint density at radius 2 is 1.84 bits per heavy atom. The summed E-state index contributed by atoms with van der Waals surface area (Å²) in [6, 6.07) is 9.54. The first kappa shape index (κ1) is 14.6. The van der Waals surface area contributed by atoms with Crippen molar-refractivity contribution in [3.05, 3.63) is 57.3 Å². The third kappa shape index (κ3) is 3.20. The Hall–Kier alpha value is -0.810. The number of hydrogen-bond donors (Lipinski definition) is 0. The molecule has 1 atom stereocenters. The molecule has 1 unspecified atom stereocenters. The van der Waals surface area contributed by atoms with Gasteiger partial charge in [0.05, 0.1) is 10.4 Å². The molecule has 19 heavy (non-hydrogen) atoms. The Labute approximate surface area is 122 Å². The minimum Gasteiger partial charge on any atom is -0.166 e. The van der Waals surface area contributed by atoms with Gasteiger partial charge in [0, 0.05) is 9.75 Å². The summed E-state index contributed by atoms with van der Waals surface area (Å²) in [6.45, 7) is 2.03. The fourth-order valence-corrected chi connectivity index (χ4v) is 3.63. The first-order valence-electron chi connectivity index (χ1n) is 5.82. The van der Waals surface area contributed by atoms with Crippen molar-refractivity contribution < 1.29 is 13.2 Å². The van der Waals surface area contributed by atoms with Crippen LogP contribution in [0.3, 0.4) is 0 Å². The van der Waals surface area contributed by atoms with E-state index in [1.54, 1.807) is 17.4 Å². The van der Waals surface area contributed by atoms with Gasteiger partial charge in [-0.1, -0.05) is 41.1 Å². The maximum absolute atomic E-state index is 13.0. The van der Waals surface area contributed by atoms with Crippen molar-refractivity contribution in [3.63, 3.8) is 0 Å². The fraction of sp³-hybridized carbons (Fsp3) is 0.286. The van der Waals surface area contributed by atoms with Gasteiger partial charge in [0.2, 0.25) is 0 Å². The van der Waals surface area contributed by atoms with E-state index in [9.17, 15) is 13.2 Å². The van der Waals surface area contributed by atoms with E-state index in [0.717, 1.165) is 17.4 Å². The predicted molar refractivity (Wildman–Crippen MR) is 75.9 cm³/mol. The molecule has 1 aromatic carbocycles. The molecule has 0 spiro atoms. The number of benzene rings is 1. The standard InChI is InChI=1S/C14H12BrF3S/c1-2-9-7-8-12(19-9)13(15)10-5-3-4-6-11(10)14(16,17)18/h3-8,13H,2H2,1H3. The molecule has 0 saturated carbocycles. The Morgan fingerprint density at radius 1 is 1.16 bits per heavy atom. The summed E-state index contributed by atoms with van der Waals surface area (Å²) >= 11 is 4.93. The Kier molecular flexibility index (Phi) is 4.36. The van der Waals surface area contributed by atoms with Gasteiger partial charge in [0.15, 0.2) is 0 Å². The average molecular weight is 349 g/mol. The van der Waals surface area contributed by atoms with Gasteiger partial charge in [-0.25, -0.2) is 0 Å². The lowest BCUT2D eigenvalue weighted by atomic mass is 10.0. The number of alkyl halides is 4. The van der Waals surface area contributed by atoms with Gasteiger partial charge in [-0.15, -0.1) is 11.3 Å². The lowest BCUT2D eigenvalue weighted by molar-refractivity contribution is -0.138.